The van der Waals surface area contributed by atoms with E-state index < -0.39 is 5.97 Å². The van der Waals surface area contributed by atoms with E-state index in [0.29, 0.717) is 12.4 Å². The van der Waals surface area contributed by atoms with E-state index in [1.165, 1.54) is 0 Å². The normalized spacial score (nSPS) is 10.3. The molecular formula is C12H12N2O2. The highest BCUT2D eigenvalue weighted by atomic mass is 16.5. The average molecular weight is 216 g/mol. The number of nitrogens with zero attached hydrogens (tertiary/aromatic N) is 1. The van der Waals surface area contributed by atoms with Gasteiger partial charge in [-0.2, -0.15) is 0 Å². The molecule has 1 aromatic carbocycles. The fourth-order valence-corrected chi connectivity index (χ4v) is 1.54. The second-order valence-electron chi connectivity index (χ2n) is 3.33. The van der Waals surface area contributed by atoms with E-state index in [0.717, 1.165) is 10.8 Å². The summed E-state index contributed by atoms with van der Waals surface area (Å²) in [6.45, 7) is 2.08. The van der Waals surface area contributed by atoms with Gasteiger partial charge in [-0.1, -0.05) is 24.3 Å². The van der Waals surface area contributed by atoms with Gasteiger partial charge in [-0.25, -0.2) is 9.78 Å². The lowest BCUT2D eigenvalue weighted by molar-refractivity contribution is 0.0520. The van der Waals surface area contributed by atoms with E-state index in [1.54, 1.807) is 13.0 Å². The molecule has 0 spiro atoms. The van der Waals surface area contributed by atoms with Crippen molar-refractivity contribution >= 4 is 22.6 Å². The van der Waals surface area contributed by atoms with Crippen LogP contribution in [0.25, 0.3) is 10.8 Å². The highest BCUT2D eigenvalue weighted by molar-refractivity contribution is 5.97. The SMILES string of the molecule is CCOC(=O)c1cc2ccccc2c(N)n1. The summed E-state index contributed by atoms with van der Waals surface area (Å²) in [5, 5.41) is 1.73. The number of esters is 1. The third-order valence-corrected chi connectivity index (χ3v) is 2.25. The Morgan fingerprint density at radius 3 is 2.94 bits per heavy atom. The zero-order valence-electron chi connectivity index (χ0n) is 8.93. The molecule has 2 aromatic rings. The van der Waals surface area contributed by atoms with E-state index in [9.17, 15) is 4.79 Å². The molecule has 0 fully saturated rings. The topological polar surface area (TPSA) is 65.2 Å². The second-order valence-corrected chi connectivity index (χ2v) is 3.33. The van der Waals surface area contributed by atoms with Gasteiger partial charge < -0.3 is 10.5 Å². The van der Waals surface area contributed by atoms with E-state index in [-0.39, 0.29) is 5.69 Å². The lowest BCUT2D eigenvalue weighted by atomic mass is 10.1. The van der Waals surface area contributed by atoms with Crippen molar-refractivity contribution in [3.63, 3.8) is 0 Å². The van der Waals surface area contributed by atoms with Crippen LogP contribution in [0.1, 0.15) is 17.4 Å². The lowest BCUT2D eigenvalue weighted by Gasteiger charge is -2.05. The summed E-state index contributed by atoms with van der Waals surface area (Å²) in [7, 11) is 0. The van der Waals surface area contributed by atoms with Gasteiger partial charge in [0.2, 0.25) is 0 Å². The Labute approximate surface area is 93.0 Å². The van der Waals surface area contributed by atoms with Gasteiger partial charge in [0, 0.05) is 5.39 Å². The molecule has 0 aliphatic carbocycles. The second kappa shape index (κ2) is 4.18. The Bertz CT molecular complexity index is 538. The average Bonchev–Trinajstić information content (AvgIpc) is 2.29. The van der Waals surface area contributed by atoms with Gasteiger partial charge in [-0.3, -0.25) is 0 Å². The number of rotatable bonds is 2. The third kappa shape index (κ3) is 1.82. The van der Waals surface area contributed by atoms with Gasteiger partial charge in [0.25, 0.3) is 0 Å². The summed E-state index contributed by atoms with van der Waals surface area (Å²) in [5.74, 6) is -0.0962. The van der Waals surface area contributed by atoms with Crippen molar-refractivity contribution in [3.05, 3.63) is 36.0 Å². The number of ether oxygens (including phenoxy) is 1. The van der Waals surface area contributed by atoms with Crippen molar-refractivity contribution in [1.29, 1.82) is 0 Å². The quantitative estimate of drug-likeness (QED) is 0.780. The fourth-order valence-electron chi connectivity index (χ4n) is 1.54. The minimum atomic E-state index is -0.444. The molecule has 1 aromatic heterocycles. The van der Waals surface area contributed by atoms with Crippen molar-refractivity contribution in [2.24, 2.45) is 0 Å². The molecule has 0 saturated heterocycles. The van der Waals surface area contributed by atoms with Crippen molar-refractivity contribution in [2.75, 3.05) is 12.3 Å². The number of carbonyl (C=O) groups excluding carboxylic acids is 1. The van der Waals surface area contributed by atoms with Gasteiger partial charge in [0.05, 0.1) is 6.61 Å². The predicted octanol–water partition coefficient (Wildman–Crippen LogP) is 1.99. The number of nitrogen functional groups attached to an aromatic ring is 1. The first-order chi connectivity index (χ1) is 7.72. The van der Waals surface area contributed by atoms with Crippen LogP contribution in [0, 0.1) is 0 Å². The van der Waals surface area contributed by atoms with Crippen LogP contribution < -0.4 is 5.73 Å². The summed E-state index contributed by atoms with van der Waals surface area (Å²) in [6.07, 6.45) is 0. The molecular weight excluding hydrogens is 204 g/mol. The van der Waals surface area contributed by atoms with Gasteiger partial charge >= 0.3 is 5.97 Å². The number of hydrogen-bond acceptors (Lipinski definition) is 4. The van der Waals surface area contributed by atoms with Crippen molar-refractivity contribution < 1.29 is 9.53 Å². The largest absolute Gasteiger partial charge is 0.461 e. The number of nitrogens with two attached hydrogens (primary N) is 1. The minimum absolute atomic E-state index is 0.248. The van der Waals surface area contributed by atoms with Crippen molar-refractivity contribution in [2.45, 2.75) is 6.92 Å². The first-order valence-electron chi connectivity index (χ1n) is 5.04. The fraction of sp³-hybridized carbons (Fsp3) is 0.167. The Morgan fingerprint density at radius 2 is 2.19 bits per heavy atom. The smallest absolute Gasteiger partial charge is 0.357 e. The molecule has 0 bridgehead atoms. The minimum Gasteiger partial charge on any atom is -0.461 e. The van der Waals surface area contributed by atoms with Crippen LogP contribution in [0.5, 0.6) is 0 Å². The number of pyridine rings is 1. The Morgan fingerprint density at radius 1 is 1.44 bits per heavy atom. The summed E-state index contributed by atoms with van der Waals surface area (Å²) < 4.78 is 4.87. The Hall–Kier alpha value is -2.10. The molecule has 2 rings (SSSR count). The van der Waals surface area contributed by atoms with Gasteiger partial charge in [0.1, 0.15) is 5.82 Å². The van der Waals surface area contributed by atoms with Crippen LogP contribution in [0.15, 0.2) is 30.3 Å². The van der Waals surface area contributed by atoms with Gasteiger partial charge in [-0.15, -0.1) is 0 Å². The lowest BCUT2D eigenvalue weighted by Crippen LogP contribution is -2.08. The summed E-state index contributed by atoms with van der Waals surface area (Å²) in [4.78, 5) is 15.5. The van der Waals surface area contributed by atoms with E-state index >= 15 is 0 Å². The van der Waals surface area contributed by atoms with Crippen LogP contribution in [0.4, 0.5) is 5.82 Å². The van der Waals surface area contributed by atoms with E-state index in [4.69, 9.17) is 10.5 Å². The summed E-state index contributed by atoms with van der Waals surface area (Å²) in [5.41, 5.74) is 6.02. The molecule has 0 aliphatic heterocycles. The highest BCUT2D eigenvalue weighted by Crippen LogP contribution is 2.20. The maximum Gasteiger partial charge on any atom is 0.357 e. The van der Waals surface area contributed by atoms with Crippen LogP contribution in [-0.4, -0.2) is 17.6 Å². The van der Waals surface area contributed by atoms with Crippen molar-refractivity contribution in [1.82, 2.24) is 4.98 Å². The molecule has 0 saturated carbocycles. The maximum atomic E-state index is 11.5. The summed E-state index contributed by atoms with van der Waals surface area (Å²) in [6, 6.07) is 9.20. The van der Waals surface area contributed by atoms with Gasteiger partial charge in [-0.05, 0) is 18.4 Å². The first kappa shape index (κ1) is 10.4. The number of carbonyl (C=O) groups is 1. The molecule has 4 nitrogen and oxygen atoms in total. The molecule has 82 valence electrons. The molecule has 0 aliphatic rings. The van der Waals surface area contributed by atoms with Crippen LogP contribution >= 0.6 is 0 Å². The monoisotopic (exact) mass is 216 g/mol. The van der Waals surface area contributed by atoms with Gasteiger partial charge in [0.15, 0.2) is 5.69 Å². The number of aromatic nitrogens is 1. The molecule has 2 N–H and O–H groups in total. The molecule has 0 atom stereocenters. The number of benzene rings is 1. The molecule has 0 unspecified atom stereocenters. The zero-order chi connectivity index (χ0) is 11.5. The summed E-state index contributed by atoms with van der Waals surface area (Å²) >= 11 is 0. The Balaban J connectivity index is 2.53. The Kier molecular flexibility index (Phi) is 2.72. The zero-order valence-corrected chi connectivity index (χ0v) is 8.93. The van der Waals surface area contributed by atoms with E-state index in [1.807, 2.05) is 24.3 Å². The number of anilines is 1. The van der Waals surface area contributed by atoms with Crippen LogP contribution in [0.3, 0.4) is 0 Å². The predicted molar refractivity (Wildman–Crippen MR) is 62.1 cm³/mol. The molecule has 4 heteroatoms. The molecule has 0 radical (unpaired) electrons. The number of fused-ring (bicyclic) bond motifs is 1. The van der Waals surface area contributed by atoms with Crippen LogP contribution in [-0.2, 0) is 4.74 Å². The third-order valence-electron chi connectivity index (χ3n) is 2.25. The molecule has 0 amide bonds. The molecule has 16 heavy (non-hydrogen) atoms. The van der Waals surface area contributed by atoms with Crippen LogP contribution in [0.2, 0.25) is 0 Å². The maximum absolute atomic E-state index is 11.5. The highest BCUT2D eigenvalue weighted by Gasteiger charge is 2.10. The molecule has 1 heterocycles. The number of hydrogen-bond donors (Lipinski definition) is 1. The first-order valence-corrected chi connectivity index (χ1v) is 5.04. The standard InChI is InChI=1S/C12H12N2O2/c1-2-16-12(15)10-7-8-5-3-4-6-9(8)11(13)14-10/h3-7H,2H2,1H3,(H2,13,14). The van der Waals surface area contributed by atoms with E-state index in [2.05, 4.69) is 4.98 Å². The van der Waals surface area contributed by atoms with Crippen molar-refractivity contribution in [3.8, 4) is 0 Å².